The van der Waals surface area contributed by atoms with Gasteiger partial charge in [0.15, 0.2) is 11.6 Å². The molecule has 0 aliphatic heterocycles. The van der Waals surface area contributed by atoms with Crippen LogP contribution in [0.15, 0.2) is 41.2 Å². The number of hydrogen-bond acceptors (Lipinski definition) is 6. The van der Waals surface area contributed by atoms with E-state index in [2.05, 4.69) is 25.4 Å². The Bertz CT molecular complexity index is 1180. The summed E-state index contributed by atoms with van der Waals surface area (Å²) in [7, 11) is 0. The van der Waals surface area contributed by atoms with E-state index in [0.29, 0.717) is 0 Å². The quantitative estimate of drug-likeness (QED) is 0.332. The van der Waals surface area contributed by atoms with E-state index in [-0.39, 0.29) is 27.6 Å². The molecule has 2 aromatic heterocycles. The zero-order chi connectivity index (χ0) is 24.8. The van der Waals surface area contributed by atoms with E-state index >= 15 is 0 Å². The van der Waals surface area contributed by atoms with Crippen LogP contribution in [0.3, 0.4) is 0 Å². The predicted octanol–water partition coefficient (Wildman–Crippen LogP) is 4.02. The average Bonchev–Trinajstić information content (AvgIpc) is 3.31. The van der Waals surface area contributed by atoms with Gasteiger partial charge in [0.25, 0.3) is 6.43 Å². The Morgan fingerprint density at radius 2 is 1.94 bits per heavy atom. The molecule has 180 valence electrons. The van der Waals surface area contributed by atoms with Gasteiger partial charge in [-0.2, -0.15) is 0 Å². The molecule has 14 heteroatoms. The second-order valence-corrected chi connectivity index (χ2v) is 7.14. The highest BCUT2D eigenvalue weighted by Crippen LogP contribution is 2.36. The summed E-state index contributed by atoms with van der Waals surface area (Å²) in [5.74, 6) is -3.35. The van der Waals surface area contributed by atoms with Crippen molar-refractivity contribution < 1.29 is 36.4 Å². The van der Waals surface area contributed by atoms with E-state index in [1.807, 2.05) is 5.43 Å². The Hall–Kier alpha value is -3.87. The third-order valence-electron chi connectivity index (χ3n) is 4.25. The van der Waals surface area contributed by atoms with Crippen molar-refractivity contribution in [2.24, 2.45) is 0 Å². The fraction of sp³-hybridized carbons (Fsp3) is 0.200. The highest BCUT2D eigenvalue weighted by atomic mass is 35.5. The number of ether oxygens (including phenoxy) is 1. The van der Waals surface area contributed by atoms with Gasteiger partial charge in [0.05, 0.1) is 17.9 Å². The summed E-state index contributed by atoms with van der Waals surface area (Å²) >= 11 is 5.85. The fourth-order valence-corrected chi connectivity index (χ4v) is 3.00. The van der Waals surface area contributed by atoms with Crippen LogP contribution in [-0.2, 0) is 0 Å². The number of nitrogens with one attached hydrogen (secondary N) is 3. The second kappa shape index (κ2) is 10.8. The van der Waals surface area contributed by atoms with Crippen molar-refractivity contribution in [3.05, 3.63) is 64.8 Å². The van der Waals surface area contributed by atoms with Gasteiger partial charge in [0.1, 0.15) is 12.4 Å². The number of rotatable bonds is 7. The number of carbonyl (C=O) groups is 2. The SMILES string of the molecule is CC(NC(=O)NNC(=O)c1ccno1)c1ncc(-c2cc(Cl)cc(F)c2OCC(F)F)cc1F. The standard InChI is InChI=1S/C20H16ClF4N5O4/c1-9(28-20(32)30-29-19(31)15-2-3-27-34-15)17-13(22)4-10(7-26-17)12-5-11(21)6-14(23)18(12)33-8-16(24)25/h2-7,9,16H,8H2,1H3,(H,29,31)(H2,28,30,32). The lowest BCUT2D eigenvalue weighted by Gasteiger charge is -2.17. The minimum Gasteiger partial charge on any atom is -0.484 e. The zero-order valence-corrected chi connectivity index (χ0v) is 18.0. The Morgan fingerprint density at radius 1 is 1.18 bits per heavy atom. The number of nitrogens with zero attached hydrogens (tertiary/aromatic N) is 2. The molecule has 0 bridgehead atoms. The molecule has 0 aliphatic carbocycles. The van der Waals surface area contributed by atoms with Gasteiger partial charge in [-0.1, -0.05) is 16.8 Å². The van der Waals surface area contributed by atoms with Crippen molar-refractivity contribution in [3.63, 3.8) is 0 Å². The summed E-state index contributed by atoms with van der Waals surface area (Å²) in [6, 6.07) is 2.47. The Morgan fingerprint density at radius 3 is 2.59 bits per heavy atom. The van der Waals surface area contributed by atoms with Crippen LogP contribution in [0, 0.1) is 11.6 Å². The molecule has 0 saturated carbocycles. The topological polar surface area (TPSA) is 118 Å². The first-order valence-corrected chi connectivity index (χ1v) is 9.86. The Balaban J connectivity index is 1.72. The molecule has 3 aromatic rings. The first-order chi connectivity index (χ1) is 16.2. The summed E-state index contributed by atoms with van der Waals surface area (Å²) in [5, 5.41) is 5.63. The molecule has 0 fully saturated rings. The number of amides is 3. The van der Waals surface area contributed by atoms with Crippen molar-refractivity contribution in [3.8, 4) is 16.9 Å². The largest absolute Gasteiger partial charge is 0.484 e. The highest BCUT2D eigenvalue weighted by molar-refractivity contribution is 6.31. The van der Waals surface area contributed by atoms with Gasteiger partial charge >= 0.3 is 11.9 Å². The van der Waals surface area contributed by atoms with Gasteiger partial charge in [0, 0.05) is 28.4 Å². The maximum atomic E-state index is 14.8. The van der Waals surface area contributed by atoms with Crippen molar-refractivity contribution in [1.29, 1.82) is 0 Å². The molecular weight excluding hydrogens is 486 g/mol. The number of pyridine rings is 1. The minimum atomic E-state index is -2.86. The summed E-state index contributed by atoms with van der Waals surface area (Å²) in [4.78, 5) is 27.6. The molecule has 2 heterocycles. The molecule has 1 unspecified atom stereocenters. The molecule has 34 heavy (non-hydrogen) atoms. The van der Waals surface area contributed by atoms with Gasteiger partial charge in [0.2, 0.25) is 5.76 Å². The van der Waals surface area contributed by atoms with Crippen LogP contribution >= 0.6 is 11.6 Å². The molecular formula is C20H16ClF4N5O4. The number of carbonyl (C=O) groups excluding carboxylic acids is 2. The van der Waals surface area contributed by atoms with Crippen LogP contribution in [0.2, 0.25) is 5.02 Å². The van der Waals surface area contributed by atoms with Crippen LogP contribution < -0.4 is 20.9 Å². The van der Waals surface area contributed by atoms with Gasteiger partial charge in [-0.05, 0) is 25.1 Å². The number of hydrazine groups is 1. The van der Waals surface area contributed by atoms with Crippen molar-refractivity contribution in [2.45, 2.75) is 19.4 Å². The Kier molecular flexibility index (Phi) is 7.89. The first-order valence-electron chi connectivity index (χ1n) is 9.49. The number of urea groups is 1. The van der Waals surface area contributed by atoms with E-state index in [0.717, 1.165) is 18.3 Å². The number of hydrogen-bond donors (Lipinski definition) is 3. The second-order valence-electron chi connectivity index (χ2n) is 6.71. The smallest absolute Gasteiger partial charge is 0.334 e. The van der Waals surface area contributed by atoms with Gasteiger partial charge < -0.3 is 14.6 Å². The number of benzene rings is 1. The molecule has 9 nitrogen and oxygen atoms in total. The summed E-state index contributed by atoms with van der Waals surface area (Å²) in [6.07, 6.45) is -0.486. The number of aromatic nitrogens is 2. The maximum Gasteiger partial charge on any atom is 0.334 e. The third kappa shape index (κ3) is 6.13. The number of halogens is 5. The van der Waals surface area contributed by atoms with E-state index in [1.54, 1.807) is 0 Å². The highest BCUT2D eigenvalue weighted by Gasteiger charge is 2.20. The lowest BCUT2D eigenvalue weighted by Crippen LogP contribution is -2.47. The molecule has 0 radical (unpaired) electrons. The lowest BCUT2D eigenvalue weighted by atomic mass is 10.0. The molecule has 0 saturated heterocycles. The summed E-state index contributed by atoms with van der Waals surface area (Å²) in [5.41, 5.74) is 3.83. The fourth-order valence-electron chi connectivity index (χ4n) is 2.79. The molecule has 3 amide bonds. The molecule has 1 aromatic carbocycles. The van der Waals surface area contributed by atoms with Crippen LogP contribution in [0.4, 0.5) is 22.4 Å². The third-order valence-corrected chi connectivity index (χ3v) is 4.47. The van der Waals surface area contributed by atoms with Crippen LogP contribution in [-0.4, -0.2) is 35.1 Å². The molecule has 0 spiro atoms. The van der Waals surface area contributed by atoms with Crippen molar-refractivity contribution in [1.82, 2.24) is 26.3 Å². The van der Waals surface area contributed by atoms with Gasteiger partial charge in [-0.25, -0.2) is 27.8 Å². The van der Waals surface area contributed by atoms with E-state index in [9.17, 15) is 27.2 Å². The monoisotopic (exact) mass is 501 g/mol. The number of alkyl halides is 2. The maximum absolute atomic E-state index is 14.8. The van der Waals surface area contributed by atoms with Crippen LogP contribution in [0.5, 0.6) is 5.75 Å². The predicted molar refractivity (Wildman–Crippen MR) is 110 cm³/mol. The van der Waals surface area contributed by atoms with Crippen molar-refractivity contribution >= 4 is 23.5 Å². The normalized spacial score (nSPS) is 11.7. The molecule has 3 rings (SSSR count). The van der Waals surface area contributed by atoms with Crippen LogP contribution in [0.25, 0.3) is 11.1 Å². The average molecular weight is 502 g/mol. The van der Waals surface area contributed by atoms with Gasteiger partial charge in [-0.3, -0.25) is 15.2 Å². The Labute approximate surface area is 194 Å². The van der Waals surface area contributed by atoms with Crippen molar-refractivity contribution in [2.75, 3.05) is 6.61 Å². The van der Waals surface area contributed by atoms with Gasteiger partial charge in [-0.15, -0.1) is 0 Å². The summed E-state index contributed by atoms with van der Waals surface area (Å²) in [6.45, 7) is 0.335. The van der Waals surface area contributed by atoms with E-state index < -0.39 is 48.4 Å². The molecule has 1 atom stereocenters. The van der Waals surface area contributed by atoms with Crippen LogP contribution in [0.1, 0.15) is 29.2 Å². The summed E-state index contributed by atoms with van der Waals surface area (Å²) < 4.78 is 63.5. The van der Waals surface area contributed by atoms with E-state index in [4.69, 9.17) is 16.3 Å². The lowest BCUT2D eigenvalue weighted by molar-refractivity contribution is 0.0802. The first kappa shape index (κ1) is 24.8. The minimum absolute atomic E-state index is 0.00267. The molecule has 3 N–H and O–H groups in total. The zero-order valence-electron chi connectivity index (χ0n) is 17.2. The molecule has 0 aliphatic rings. The van der Waals surface area contributed by atoms with E-state index in [1.165, 1.54) is 25.3 Å².